The van der Waals surface area contributed by atoms with Crippen molar-refractivity contribution in [3.8, 4) is 22.5 Å². The number of aliphatic hydroxyl groups is 1. The number of ether oxygens (including phenoxy) is 2. The number of nitrogens with zero attached hydrogens (tertiary/aromatic N) is 2. The van der Waals surface area contributed by atoms with Crippen molar-refractivity contribution in [2.24, 2.45) is 0 Å². The fourth-order valence-electron chi connectivity index (χ4n) is 5.58. The van der Waals surface area contributed by atoms with Crippen molar-refractivity contribution in [2.45, 2.75) is 40.7 Å². The number of carbonyl (C=O) groups excluding carboxylic acids is 1. The van der Waals surface area contributed by atoms with Crippen LogP contribution in [0, 0.1) is 0 Å². The number of hydrogen-bond donors (Lipinski definition) is 4. The highest BCUT2D eigenvalue weighted by Gasteiger charge is 2.23. The zero-order chi connectivity index (χ0) is 34.8. The lowest BCUT2D eigenvalue weighted by molar-refractivity contribution is -0.154. The van der Waals surface area contributed by atoms with E-state index in [0.29, 0.717) is 40.9 Å². The Bertz CT molecular complexity index is 1790. The van der Waals surface area contributed by atoms with Gasteiger partial charge in [-0.3, -0.25) is 0 Å². The lowest BCUT2D eigenvalue weighted by atomic mass is 9.90. The van der Waals surface area contributed by atoms with Gasteiger partial charge < -0.3 is 39.6 Å². The Morgan fingerprint density at radius 3 is 2.35 bits per heavy atom. The summed E-state index contributed by atoms with van der Waals surface area (Å²) in [5, 5.41) is 27.8. The average Bonchev–Trinajstić information content (AvgIpc) is 3.07. The molecule has 0 amide bonds. The van der Waals surface area contributed by atoms with E-state index in [-0.39, 0.29) is 18.8 Å². The predicted molar refractivity (Wildman–Crippen MR) is 193 cm³/mol. The maximum absolute atomic E-state index is 12.7. The minimum atomic E-state index is -1.18. The van der Waals surface area contributed by atoms with Crippen LogP contribution >= 0.6 is 12.2 Å². The maximum Gasteiger partial charge on any atom is 0.336 e. The predicted octanol–water partition coefficient (Wildman–Crippen LogP) is 4.79. The second-order valence-corrected chi connectivity index (χ2v) is 11.5. The van der Waals surface area contributed by atoms with E-state index in [2.05, 4.69) is 59.9 Å². The summed E-state index contributed by atoms with van der Waals surface area (Å²) in [6.07, 6.45) is -1.18. The van der Waals surface area contributed by atoms with Gasteiger partial charge in [-0.2, -0.15) is 0 Å². The number of hydrogen-bond acceptors (Lipinski definition) is 8. The number of carbonyl (C=O) groups is 2. The molecule has 1 unspecified atom stereocenters. The molecule has 1 atom stereocenters. The molecule has 0 bridgehead atoms. The van der Waals surface area contributed by atoms with Crippen LogP contribution < -0.4 is 25.5 Å². The van der Waals surface area contributed by atoms with Crippen molar-refractivity contribution >= 4 is 51.6 Å². The van der Waals surface area contributed by atoms with E-state index in [1.165, 1.54) is 6.92 Å². The fraction of sp³-hybridized carbons (Fsp3) is 0.389. The van der Waals surface area contributed by atoms with Gasteiger partial charge in [-0.25, -0.2) is 14.2 Å². The van der Waals surface area contributed by atoms with Crippen molar-refractivity contribution < 1.29 is 33.7 Å². The number of thiocarbonyl (C=S) groups is 1. The second kappa shape index (κ2) is 17.0. The number of benzene rings is 3. The fourth-order valence-corrected chi connectivity index (χ4v) is 5.80. The number of nitrogens with one attached hydrogen (secondary N) is 2. The van der Waals surface area contributed by atoms with Crippen molar-refractivity contribution in [3.05, 3.63) is 65.5 Å². The smallest absolute Gasteiger partial charge is 0.336 e. The van der Waals surface area contributed by atoms with E-state index in [0.717, 1.165) is 53.7 Å². The lowest BCUT2D eigenvalue weighted by Gasteiger charge is -2.22. The molecular weight excluding hydrogens is 632 g/mol. The van der Waals surface area contributed by atoms with Gasteiger partial charge in [0.2, 0.25) is 5.36 Å². The molecule has 0 radical (unpaired) electrons. The third-order valence-electron chi connectivity index (χ3n) is 8.07. The standard InChI is InChI=1S/C36H44N4O7S/c1-6-39(7-2)25-11-14-28-31(21-25)47-32-22-26(40(8-3)9-4)12-15-29(32)33(28)27-13-10-24(20-30(27)34(42)43)38-36(48)37-16-17-45-18-19-46-35(44)23(5)41/h10-15,20-23,41H,6-9,16-19H2,1-5H3,(H2,37,42,43,48)/p+1. The summed E-state index contributed by atoms with van der Waals surface area (Å²) in [6.45, 7) is 14.0. The normalized spacial score (nSPS) is 11.7. The molecule has 2 aromatic rings. The summed E-state index contributed by atoms with van der Waals surface area (Å²) < 4.78 is 19.1. The molecule has 4 N–H and O–H groups in total. The Hall–Kier alpha value is -4.52. The molecule has 0 aromatic heterocycles. The van der Waals surface area contributed by atoms with E-state index in [4.69, 9.17) is 31.2 Å². The first-order chi connectivity index (χ1) is 23.1. The van der Waals surface area contributed by atoms with Crippen LogP contribution in [0.1, 0.15) is 45.0 Å². The third-order valence-corrected chi connectivity index (χ3v) is 8.31. The lowest BCUT2D eigenvalue weighted by Crippen LogP contribution is -2.31. The van der Waals surface area contributed by atoms with Crippen molar-refractivity contribution in [3.63, 3.8) is 0 Å². The highest BCUT2D eigenvalue weighted by molar-refractivity contribution is 7.80. The zero-order valence-electron chi connectivity index (χ0n) is 28.2. The monoisotopic (exact) mass is 677 g/mol. The van der Waals surface area contributed by atoms with E-state index in [1.54, 1.807) is 18.2 Å². The van der Waals surface area contributed by atoms with Crippen LogP contribution in [0.15, 0.2) is 59.0 Å². The average molecular weight is 678 g/mol. The minimum absolute atomic E-state index is 0.0327. The van der Waals surface area contributed by atoms with Gasteiger partial charge in [0.1, 0.15) is 37.1 Å². The van der Waals surface area contributed by atoms with Gasteiger partial charge in [0.25, 0.3) is 0 Å². The molecule has 0 spiro atoms. The van der Waals surface area contributed by atoms with Crippen LogP contribution in [0.4, 0.5) is 11.4 Å². The van der Waals surface area contributed by atoms with Gasteiger partial charge in [0, 0.05) is 59.7 Å². The topological polar surface area (TPSA) is 137 Å². The van der Waals surface area contributed by atoms with E-state index in [9.17, 15) is 14.7 Å². The largest absolute Gasteiger partial charge is 0.478 e. The van der Waals surface area contributed by atoms with Gasteiger partial charge in [0.05, 0.1) is 24.8 Å². The molecule has 1 aliphatic heterocycles. The van der Waals surface area contributed by atoms with E-state index < -0.39 is 18.0 Å². The first kappa shape index (κ1) is 36.3. The number of aromatic carboxylic acids is 1. The quantitative estimate of drug-likeness (QED) is 0.0455. The molecule has 2 aromatic carbocycles. The Labute approximate surface area is 286 Å². The van der Waals surface area contributed by atoms with Crippen LogP contribution in [-0.2, 0) is 14.3 Å². The number of carboxylic acid groups (broad SMARTS) is 1. The van der Waals surface area contributed by atoms with Crippen LogP contribution in [0.25, 0.3) is 33.4 Å². The SMILES string of the molecule is CCN(CC)c1ccc2c(-c3ccc(NC(=S)NCCOCCOC(=O)C(C)O)cc3C(=O)O)c3ccc(=[N+](CC)CC)cc-3oc2c1. The molecule has 12 heteroatoms. The number of esters is 1. The molecule has 0 fully saturated rings. The van der Waals surface area contributed by atoms with Gasteiger partial charge >= 0.3 is 11.9 Å². The third kappa shape index (κ3) is 8.68. The molecular formula is C36H45N4O7S+. The number of aliphatic hydroxyl groups excluding tert-OH is 1. The molecule has 1 aliphatic carbocycles. The molecule has 48 heavy (non-hydrogen) atoms. The maximum atomic E-state index is 12.7. The number of fused-ring (bicyclic) bond motifs is 2. The van der Waals surface area contributed by atoms with Crippen molar-refractivity contribution in [1.29, 1.82) is 0 Å². The summed E-state index contributed by atoms with van der Waals surface area (Å²) in [6, 6.07) is 17.4. The van der Waals surface area contributed by atoms with Gasteiger partial charge in [-0.05, 0) is 82.7 Å². The number of anilines is 2. The Morgan fingerprint density at radius 2 is 1.69 bits per heavy atom. The molecule has 256 valence electrons. The first-order valence-corrected chi connectivity index (χ1v) is 16.7. The molecule has 4 rings (SSSR count). The minimum Gasteiger partial charge on any atom is -0.478 e. The molecule has 2 aliphatic rings. The summed E-state index contributed by atoms with van der Waals surface area (Å²) in [4.78, 5) is 26.3. The highest BCUT2D eigenvalue weighted by atomic mass is 32.1. The Kier molecular flexibility index (Phi) is 12.9. The highest BCUT2D eigenvalue weighted by Crippen LogP contribution is 2.42. The Balaban J connectivity index is 1.65. The zero-order valence-corrected chi connectivity index (χ0v) is 29.0. The summed E-state index contributed by atoms with van der Waals surface area (Å²) in [5.74, 6) is -1.10. The van der Waals surface area contributed by atoms with Gasteiger partial charge in [-0.1, -0.05) is 6.07 Å². The molecule has 1 heterocycles. The van der Waals surface area contributed by atoms with Gasteiger partial charge in [-0.15, -0.1) is 0 Å². The summed E-state index contributed by atoms with van der Waals surface area (Å²) >= 11 is 5.42. The summed E-state index contributed by atoms with van der Waals surface area (Å²) in [5.41, 5.74) is 4.50. The van der Waals surface area contributed by atoms with Crippen LogP contribution in [0.5, 0.6) is 0 Å². The molecule has 11 nitrogen and oxygen atoms in total. The molecule has 0 saturated heterocycles. The van der Waals surface area contributed by atoms with E-state index in [1.807, 2.05) is 24.3 Å². The van der Waals surface area contributed by atoms with Gasteiger partial charge in [0.15, 0.2) is 5.11 Å². The van der Waals surface area contributed by atoms with Crippen LogP contribution in [0.3, 0.4) is 0 Å². The summed E-state index contributed by atoms with van der Waals surface area (Å²) in [7, 11) is 0. The number of carboxylic acids is 1. The van der Waals surface area contributed by atoms with Crippen molar-refractivity contribution in [1.82, 2.24) is 9.89 Å². The first-order valence-electron chi connectivity index (χ1n) is 16.3. The Morgan fingerprint density at radius 1 is 0.958 bits per heavy atom. The molecule has 0 saturated carbocycles. The van der Waals surface area contributed by atoms with Crippen LogP contribution in [-0.4, -0.2) is 85.9 Å². The number of rotatable bonds is 15. The second-order valence-electron chi connectivity index (χ2n) is 11.1. The van der Waals surface area contributed by atoms with Crippen LogP contribution in [0.2, 0.25) is 0 Å². The van der Waals surface area contributed by atoms with E-state index >= 15 is 0 Å². The van der Waals surface area contributed by atoms with Crippen molar-refractivity contribution in [2.75, 3.05) is 62.8 Å².